The second kappa shape index (κ2) is 8.82. The van der Waals surface area contributed by atoms with E-state index < -0.39 is 6.10 Å². The summed E-state index contributed by atoms with van der Waals surface area (Å²) in [7, 11) is 0. The first-order valence-corrected chi connectivity index (χ1v) is 10.0. The number of ether oxygens (including phenoxy) is 1. The van der Waals surface area contributed by atoms with Crippen molar-refractivity contribution in [2.75, 3.05) is 6.61 Å². The second-order valence-electron chi connectivity index (χ2n) is 7.74. The Morgan fingerprint density at radius 2 is 1.76 bits per heavy atom. The molecule has 0 spiro atoms. The Labute approximate surface area is 171 Å². The Balaban J connectivity index is 1.52. The molecule has 0 unspecified atom stereocenters. The zero-order valence-electron chi connectivity index (χ0n) is 16.5. The van der Waals surface area contributed by atoms with Crippen molar-refractivity contribution in [3.63, 3.8) is 0 Å². The lowest BCUT2D eigenvalue weighted by Gasteiger charge is -2.32. The van der Waals surface area contributed by atoms with E-state index in [1.807, 2.05) is 12.4 Å². The Kier molecular flexibility index (Phi) is 6.00. The molecule has 5 heteroatoms. The van der Waals surface area contributed by atoms with Crippen LogP contribution in [-0.4, -0.2) is 39.0 Å². The summed E-state index contributed by atoms with van der Waals surface area (Å²) >= 11 is 0. The minimum Gasteiger partial charge on any atom is -0.394 e. The molecule has 0 bridgehead atoms. The number of nitrogens with zero attached hydrogens (tertiary/aromatic N) is 2. The Morgan fingerprint density at radius 1 is 1.00 bits per heavy atom. The van der Waals surface area contributed by atoms with Crippen LogP contribution in [-0.2, 0) is 11.2 Å². The molecular weight excluding hydrogens is 364 g/mol. The maximum absolute atomic E-state index is 10.1. The van der Waals surface area contributed by atoms with E-state index in [0.29, 0.717) is 12.8 Å². The van der Waals surface area contributed by atoms with Gasteiger partial charge in [0.25, 0.3) is 0 Å². The number of hydrogen-bond donors (Lipinski definition) is 2. The standard InChI is InChI=1S/C24H26N2O3/c1-16-2-5-19(24-11-22(28)10-23(14-27)29-24)9-20(16)8-17-3-6-18(7-4-17)21-12-25-15-26-13-21/h2-7,9,12-13,15,22-24,27-28H,8,10-11,14H2,1H3/t22-,23-,24+/m0/s1. The molecule has 2 heterocycles. The highest BCUT2D eigenvalue weighted by Gasteiger charge is 2.29. The molecule has 1 aliphatic heterocycles. The van der Waals surface area contributed by atoms with E-state index >= 15 is 0 Å². The molecule has 4 rings (SSSR count). The largest absolute Gasteiger partial charge is 0.394 e. The van der Waals surface area contributed by atoms with Gasteiger partial charge in [-0.3, -0.25) is 0 Å². The summed E-state index contributed by atoms with van der Waals surface area (Å²) in [5, 5.41) is 19.5. The average molecular weight is 390 g/mol. The van der Waals surface area contributed by atoms with E-state index in [1.54, 1.807) is 0 Å². The van der Waals surface area contributed by atoms with Crippen molar-refractivity contribution >= 4 is 0 Å². The first-order valence-electron chi connectivity index (χ1n) is 10.0. The summed E-state index contributed by atoms with van der Waals surface area (Å²) in [6, 6.07) is 14.8. The lowest BCUT2D eigenvalue weighted by atomic mass is 9.92. The zero-order valence-corrected chi connectivity index (χ0v) is 16.5. The van der Waals surface area contributed by atoms with Gasteiger partial charge in [-0.15, -0.1) is 0 Å². The Bertz CT molecular complexity index is 944. The third-order valence-corrected chi connectivity index (χ3v) is 5.57. The summed E-state index contributed by atoms with van der Waals surface area (Å²) in [4.78, 5) is 8.15. The van der Waals surface area contributed by atoms with E-state index in [2.05, 4.69) is 59.4 Å². The van der Waals surface area contributed by atoms with Crippen LogP contribution in [0.25, 0.3) is 11.1 Å². The average Bonchev–Trinajstić information content (AvgIpc) is 2.76. The van der Waals surface area contributed by atoms with Crippen molar-refractivity contribution in [1.82, 2.24) is 9.97 Å². The minimum absolute atomic E-state index is 0.0644. The predicted octanol–water partition coefficient (Wildman–Crippen LogP) is 3.62. The van der Waals surface area contributed by atoms with Gasteiger partial charge in [0.15, 0.2) is 0 Å². The van der Waals surface area contributed by atoms with Crippen molar-refractivity contribution in [2.24, 2.45) is 0 Å². The quantitative estimate of drug-likeness (QED) is 0.696. The molecule has 29 heavy (non-hydrogen) atoms. The molecule has 0 radical (unpaired) electrons. The number of aliphatic hydroxyl groups is 2. The van der Waals surface area contributed by atoms with Gasteiger partial charge in [0.05, 0.1) is 24.9 Å². The van der Waals surface area contributed by atoms with Crippen LogP contribution in [0.3, 0.4) is 0 Å². The fourth-order valence-corrected chi connectivity index (χ4v) is 3.89. The number of rotatable bonds is 5. The van der Waals surface area contributed by atoms with E-state index in [1.165, 1.54) is 23.0 Å². The van der Waals surface area contributed by atoms with Crippen molar-refractivity contribution in [3.8, 4) is 11.1 Å². The molecule has 2 N–H and O–H groups in total. The Hall–Kier alpha value is -2.60. The van der Waals surface area contributed by atoms with Crippen LogP contribution in [0.5, 0.6) is 0 Å². The molecule has 2 aromatic carbocycles. The zero-order chi connectivity index (χ0) is 20.2. The van der Waals surface area contributed by atoms with Gasteiger partial charge >= 0.3 is 0 Å². The van der Waals surface area contributed by atoms with Crippen molar-refractivity contribution in [3.05, 3.63) is 83.4 Å². The molecule has 0 saturated carbocycles. The van der Waals surface area contributed by atoms with Gasteiger partial charge in [0, 0.05) is 30.8 Å². The van der Waals surface area contributed by atoms with E-state index in [-0.39, 0.29) is 18.8 Å². The molecule has 0 aliphatic carbocycles. The monoisotopic (exact) mass is 390 g/mol. The summed E-state index contributed by atoms with van der Waals surface area (Å²) in [6.45, 7) is 2.05. The number of hydrogen-bond acceptors (Lipinski definition) is 5. The SMILES string of the molecule is Cc1ccc([C@H]2C[C@@H](O)C[C@@H](CO)O2)cc1Cc1ccc(-c2cncnc2)cc1. The smallest absolute Gasteiger partial charge is 0.115 e. The topological polar surface area (TPSA) is 75.5 Å². The number of aliphatic hydroxyl groups excluding tert-OH is 2. The maximum Gasteiger partial charge on any atom is 0.115 e. The van der Waals surface area contributed by atoms with E-state index in [0.717, 1.165) is 23.1 Å². The number of benzene rings is 2. The highest BCUT2D eigenvalue weighted by molar-refractivity contribution is 5.61. The molecule has 1 aromatic heterocycles. The molecule has 3 aromatic rings. The third kappa shape index (κ3) is 4.70. The lowest BCUT2D eigenvalue weighted by molar-refractivity contribution is -0.113. The Morgan fingerprint density at radius 3 is 2.48 bits per heavy atom. The maximum atomic E-state index is 10.1. The fourth-order valence-electron chi connectivity index (χ4n) is 3.89. The van der Waals surface area contributed by atoms with Gasteiger partial charge in [0.2, 0.25) is 0 Å². The van der Waals surface area contributed by atoms with Crippen molar-refractivity contribution in [1.29, 1.82) is 0 Å². The highest BCUT2D eigenvalue weighted by atomic mass is 16.5. The number of aryl methyl sites for hydroxylation is 1. The van der Waals surface area contributed by atoms with Crippen molar-refractivity contribution in [2.45, 2.75) is 44.5 Å². The second-order valence-corrected chi connectivity index (χ2v) is 7.74. The van der Waals surface area contributed by atoms with Crippen LogP contribution >= 0.6 is 0 Å². The molecule has 1 fully saturated rings. The highest BCUT2D eigenvalue weighted by Crippen LogP contribution is 2.33. The van der Waals surface area contributed by atoms with Crippen molar-refractivity contribution < 1.29 is 14.9 Å². The lowest BCUT2D eigenvalue weighted by Crippen LogP contribution is -2.33. The van der Waals surface area contributed by atoms with Gasteiger partial charge in [-0.05, 0) is 41.2 Å². The molecule has 0 amide bonds. The van der Waals surface area contributed by atoms with Crippen LogP contribution in [0.4, 0.5) is 0 Å². The molecule has 150 valence electrons. The van der Waals surface area contributed by atoms with E-state index in [9.17, 15) is 10.2 Å². The first kappa shape index (κ1) is 19.7. The summed E-state index contributed by atoms with van der Waals surface area (Å²) in [5.74, 6) is 0. The van der Waals surface area contributed by atoms with Gasteiger partial charge in [-0.1, -0.05) is 42.5 Å². The number of aromatic nitrogens is 2. The van der Waals surface area contributed by atoms with Crippen LogP contribution in [0.1, 0.15) is 41.2 Å². The first-order chi connectivity index (χ1) is 14.1. The van der Waals surface area contributed by atoms with Crippen LogP contribution in [0.2, 0.25) is 0 Å². The molecule has 1 aliphatic rings. The summed E-state index contributed by atoms with van der Waals surface area (Å²) < 4.78 is 5.98. The molecule has 3 atom stereocenters. The predicted molar refractivity (Wildman–Crippen MR) is 111 cm³/mol. The van der Waals surface area contributed by atoms with Crippen LogP contribution in [0, 0.1) is 6.92 Å². The van der Waals surface area contributed by atoms with Gasteiger partial charge in [-0.25, -0.2) is 9.97 Å². The third-order valence-electron chi connectivity index (χ3n) is 5.57. The molecule has 1 saturated heterocycles. The molecular formula is C24H26N2O3. The van der Waals surface area contributed by atoms with Gasteiger partial charge in [-0.2, -0.15) is 0 Å². The normalized spacial score (nSPS) is 21.8. The minimum atomic E-state index is -0.440. The van der Waals surface area contributed by atoms with Crippen LogP contribution < -0.4 is 0 Å². The van der Waals surface area contributed by atoms with Crippen LogP contribution in [0.15, 0.2) is 61.2 Å². The van der Waals surface area contributed by atoms with E-state index in [4.69, 9.17) is 4.74 Å². The summed E-state index contributed by atoms with van der Waals surface area (Å²) in [5.41, 5.74) is 6.85. The van der Waals surface area contributed by atoms with Gasteiger partial charge in [0.1, 0.15) is 6.33 Å². The summed E-state index contributed by atoms with van der Waals surface area (Å²) in [6.07, 6.45) is 6.11. The van der Waals surface area contributed by atoms with Gasteiger partial charge < -0.3 is 14.9 Å². The fraction of sp³-hybridized carbons (Fsp3) is 0.333. The molecule has 5 nitrogen and oxygen atoms in total.